The molecular weight excluding hydrogens is 426 g/mol. The molecule has 0 aliphatic heterocycles. The molecule has 0 bridgehead atoms. The van der Waals surface area contributed by atoms with Gasteiger partial charge in [-0.3, -0.25) is 9.36 Å². The van der Waals surface area contributed by atoms with Crippen LogP contribution in [-0.2, 0) is 0 Å². The number of aryl methyl sites for hydroxylation is 1. The summed E-state index contributed by atoms with van der Waals surface area (Å²) >= 11 is 5.91. The third-order valence-electron chi connectivity index (χ3n) is 4.87. The van der Waals surface area contributed by atoms with Gasteiger partial charge < -0.3 is 5.32 Å². The van der Waals surface area contributed by atoms with Crippen molar-refractivity contribution in [2.24, 2.45) is 0 Å². The summed E-state index contributed by atoms with van der Waals surface area (Å²) in [6.07, 6.45) is 0. The molecule has 2 heterocycles. The van der Waals surface area contributed by atoms with Crippen molar-refractivity contribution in [2.75, 3.05) is 6.54 Å². The van der Waals surface area contributed by atoms with Crippen molar-refractivity contribution in [1.82, 2.24) is 29.6 Å². The fourth-order valence-corrected chi connectivity index (χ4v) is 3.47. The number of aromatic nitrogens is 5. The monoisotopic (exact) mass is 444 g/mol. The Balaban J connectivity index is 1.51. The average Bonchev–Trinajstić information content (AvgIpc) is 3.33. The molecule has 0 aliphatic rings. The Morgan fingerprint density at radius 2 is 1.84 bits per heavy atom. The predicted octanol–water partition coefficient (Wildman–Crippen LogP) is 4.51. The van der Waals surface area contributed by atoms with Gasteiger partial charge in [-0.05, 0) is 43.3 Å². The maximum absolute atomic E-state index is 13.7. The summed E-state index contributed by atoms with van der Waals surface area (Å²) in [6, 6.07) is 13.7. The molecule has 1 unspecified atom stereocenters. The Morgan fingerprint density at radius 1 is 1.13 bits per heavy atom. The van der Waals surface area contributed by atoms with Gasteiger partial charge >= 0.3 is 6.55 Å². The fourth-order valence-electron chi connectivity index (χ4n) is 3.35. The maximum atomic E-state index is 13.7. The number of imidazole rings is 1. The molecular formula is C21H19ClF2N6O. The van der Waals surface area contributed by atoms with E-state index in [1.165, 1.54) is 4.68 Å². The smallest absolute Gasteiger partial charge is 0.320 e. The zero-order valence-electron chi connectivity index (χ0n) is 16.8. The van der Waals surface area contributed by atoms with Gasteiger partial charge in [-0.2, -0.15) is 8.78 Å². The molecule has 1 N–H and O–H groups in total. The number of halogens is 3. The minimum atomic E-state index is -2.74. The Hall–Kier alpha value is -3.33. The summed E-state index contributed by atoms with van der Waals surface area (Å²) in [4.78, 5) is 21.1. The highest BCUT2D eigenvalue weighted by Crippen LogP contribution is 2.27. The molecule has 10 heteroatoms. The fraction of sp³-hybridized carbons (Fsp3) is 0.238. The number of alkyl halides is 2. The molecule has 2 aromatic carbocycles. The van der Waals surface area contributed by atoms with Crippen LogP contribution >= 0.6 is 11.6 Å². The standard InChI is InChI=1S/C21H19ClF2N6O/c1-12(19-27-16-5-3-4-6-17(16)29(19)21(23)24)11-25-20(31)18-26-13(2)30(28-18)15-9-7-14(22)8-10-15/h3-10,12,21H,11H2,1-2H3,(H,25,31). The maximum Gasteiger partial charge on any atom is 0.320 e. The molecule has 0 aliphatic carbocycles. The lowest BCUT2D eigenvalue weighted by Gasteiger charge is -2.14. The number of carbonyl (C=O) groups is 1. The average molecular weight is 445 g/mol. The molecule has 0 spiro atoms. The van der Waals surface area contributed by atoms with E-state index in [0.29, 0.717) is 27.6 Å². The molecule has 31 heavy (non-hydrogen) atoms. The highest BCUT2D eigenvalue weighted by Gasteiger charge is 2.23. The Labute approximate surface area is 181 Å². The van der Waals surface area contributed by atoms with Gasteiger partial charge in [0.25, 0.3) is 5.91 Å². The quantitative estimate of drug-likeness (QED) is 0.474. The van der Waals surface area contributed by atoms with Crippen LogP contribution in [0.2, 0.25) is 5.02 Å². The summed E-state index contributed by atoms with van der Waals surface area (Å²) in [5.74, 6) is -0.235. The van der Waals surface area contributed by atoms with E-state index < -0.39 is 18.4 Å². The van der Waals surface area contributed by atoms with Crippen LogP contribution in [0.25, 0.3) is 16.7 Å². The van der Waals surface area contributed by atoms with Crippen LogP contribution in [0.3, 0.4) is 0 Å². The third-order valence-corrected chi connectivity index (χ3v) is 5.12. The van der Waals surface area contributed by atoms with Gasteiger partial charge in [0.1, 0.15) is 11.6 Å². The number of carbonyl (C=O) groups excluding carboxylic acids is 1. The zero-order valence-corrected chi connectivity index (χ0v) is 17.5. The van der Waals surface area contributed by atoms with E-state index in [2.05, 4.69) is 20.4 Å². The van der Waals surface area contributed by atoms with Gasteiger partial charge in [0.05, 0.1) is 16.7 Å². The largest absolute Gasteiger partial charge is 0.349 e. The van der Waals surface area contributed by atoms with Crippen LogP contribution in [0.1, 0.15) is 41.7 Å². The Kier molecular flexibility index (Phi) is 5.69. The molecule has 4 rings (SSSR count). The van der Waals surface area contributed by atoms with Gasteiger partial charge in [0.15, 0.2) is 0 Å². The second-order valence-corrected chi connectivity index (χ2v) is 7.52. The van der Waals surface area contributed by atoms with E-state index in [0.717, 1.165) is 4.57 Å². The van der Waals surface area contributed by atoms with E-state index in [9.17, 15) is 13.6 Å². The molecule has 0 fully saturated rings. The topological polar surface area (TPSA) is 77.6 Å². The lowest BCUT2D eigenvalue weighted by molar-refractivity contribution is 0.0703. The van der Waals surface area contributed by atoms with Crippen molar-refractivity contribution in [3.05, 3.63) is 71.0 Å². The van der Waals surface area contributed by atoms with Gasteiger partial charge in [-0.1, -0.05) is 30.7 Å². The number of benzene rings is 2. The minimum Gasteiger partial charge on any atom is -0.349 e. The van der Waals surface area contributed by atoms with Crippen molar-refractivity contribution in [1.29, 1.82) is 0 Å². The van der Waals surface area contributed by atoms with Crippen LogP contribution in [0.15, 0.2) is 48.5 Å². The van der Waals surface area contributed by atoms with Crippen LogP contribution in [-0.4, -0.2) is 36.8 Å². The molecule has 4 aromatic rings. The Morgan fingerprint density at radius 3 is 2.55 bits per heavy atom. The first kappa shape index (κ1) is 20.9. The normalized spacial score (nSPS) is 12.5. The first-order chi connectivity index (χ1) is 14.8. The number of para-hydroxylation sites is 2. The summed E-state index contributed by atoms with van der Waals surface area (Å²) < 4.78 is 29.7. The molecule has 160 valence electrons. The van der Waals surface area contributed by atoms with Crippen LogP contribution in [0, 0.1) is 6.92 Å². The number of rotatable bonds is 6. The van der Waals surface area contributed by atoms with Gasteiger partial charge in [0, 0.05) is 17.5 Å². The summed E-state index contributed by atoms with van der Waals surface area (Å²) in [5.41, 5.74) is 1.55. The van der Waals surface area contributed by atoms with E-state index in [-0.39, 0.29) is 18.2 Å². The third kappa shape index (κ3) is 4.13. The second kappa shape index (κ2) is 8.43. The van der Waals surface area contributed by atoms with E-state index >= 15 is 0 Å². The van der Waals surface area contributed by atoms with Gasteiger partial charge in [-0.25, -0.2) is 14.6 Å². The SMILES string of the molecule is Cc1nc(C(=O)NCC(C)c2nc3ccccc3n2C(F)F)nn1-c1ccc(Cl)cc1. The summed E-state index contributed by atoms with van der Waals surface area (Å²) in [6.45, 7) is 0.820. The Bertz CT molecular complexity index is 1230. The number of nitrogens with zero attached hydrogens (tertiary/aromatic N) is 5. The number of amides is 1. The first-order valence-corrected chi connectivity index (χ1v) is 9.95. The van der Waals surface area contributed by atoms with Crippen molar-refractivity contribution in [2.45, 2.75) is 26.3 Å². The number of nitrogens with one attached hydrogen (secondary N) is 1. The highest BCUT2D eigenvalue weighted by atomic mass is 35.5. The zero-order chi connectivity index (χ0) is 22.1. The summed E-state index contributed by atoms with van der Waals surface area (Å²) in [7, 11) is 0. The van der Waals surface area contributed by atoms with Crippen molar-refractivity contribution < 1.29 is 13.6 Å². The first-order valence-electron chi connectivity index (χ1n) is 9.58. The van der Waals surface area contributed by atoms with E-state index in [1.807, 2.05) is 0 Å². The van der Waals surface area contributed by atoms with Crippen LogP contribution < -0.4 is 5.32 Å². The lowest BCUT2D eigenvalue weighted by atomic mass is 10.1. The van der Waals surface area contributed by atoms with Crippen molar-refractivity contribution in [3.63, 3.8) is 0 Å². The predicted molar refractivity (Wildman–Crippen MR) is 113 cm³/mol. The second-order valence-electron chi connectivity index (χ2n) is 7.09. The number of hydrogen-bond donors (Lipinski definition) is 1. The summed E-state index contributed by atoms with van der Waals surface area (Å²) in [5, 5.41) is 7.55. The van der Waals surface area contributed by atoms with Gasteiger partial charge in [-0.15, -0.1) is 5.10 Å². The van der Waals surface area contributed by atoms with Crippen molar-refractivity contribution in [3.8, 4) is 5.69 Å². The van der Waals surface area contributed by atoms with E-state index in [1.54, 1.807) is 62.4 Å². The number of hydrogen-bond acceptors (Lipinski definition) is 4. The number of fused-ring (bicyclic) bond motifs is 1. The highest BCUT2D eigenvalue weighted by molar-refractivity contribution is 6.30. The van der Waals surface area contributed by atoms with Crippen molar-refractivity contribution >= 4 is 28.5 Å². The van der Waals surface area contributed by atoms with Crippen LogP contribution in [0.5, 0.6) is 0 Å². The molecule has 0 saturated carbocycles. The molecule has 1 atom stereocenters. The molecule has 0 saturated heterocycles. The lowest BCUT2D eigenvalue weighted by Crippen LogP contribution is -2.29. The molecule has 2 aromatic heterocycles. The van der Waals surface area contributed by atoms with E-state index in [4.69, 9.17) is 11.6 Å². The minimum absolute atomic E-state index is 0.0120. The van der Waals surface area contributed by atoms with Gasteiger partial charge in [0.2, 0.25) is 5.82 Å². The molecule has 1 amide bonds. The van der Waals surface area contributed by atoms with Crippen LogP contribution in [0.4, 0.5) is 8.78 Å². The molecule has 0 radical (unpaired) electrons. The molecule has 7 nitrogen and oxygen atoms in total.